The van der Waals surface area contributed by atoms with Gasteiger partial charge in [0.15, 0.2) is 0 Å². The number of morpholine rings is 1. The second-order valence-electron chi connectivity index (χ2n) is 8.27. The lowest BCUT2D eigenvalue weighted by Crippen LogP contribution is -2.41. The van der Waals surface area contributed by atoms with Gasteiger partial charge in [-0.2, -0.15) is 0 Å². The zero-order valence-corrected chi connectivity index (χ0v) is 17.9. The summed E-state index contributed by atoms with van der Waals surface area (Å²) >= 11 is 0. The molecule has 2 fully saturated rings. The molecule has 2 aromatic heterocycles. The molecule has 1 amide bonds. The summed E-state index contributed by atoms with van der Waals surface area (Å²) in [6, 6.07) is 13.0. The van der Waals surface area contributed by atoms with Crippen molar-refractivity contribution in [3.05, 3.63) is 70.8 Å². The molecule has 8 nitrogen and oxygen atoms in total. The summed E-state index contributed by atoms with van der Waals surface area (Å²) in [5.74, 6) is 0.844. The summed E-state index contributed by atoms with van der Waals surface area (Å²) in [7, 11) is 1.74. The van der Waals surface area contributed by atoms with Crippen LogP contribution < -0.4 is 15.8 Å². The topological polar surface area (TPSA) is 89.3 Å². The zero-order valence-electron chi connectivity index (χ0n) is 17.9. The Hall–Kier alpha value is -3.52. The van der Waals surface area contributed by atoms with Crippen LogP contribution in [0.3, 0.4) is 0 Å². The van der Waals surface area contributed by atoms with E-state index in [1.807, 2.05) is 36.4 Å². The molecule has 1 aliphatic heterocycles. The van der Waals surface area contributed by atoms with E-state index in [4.69, 9.17) is 9.72 Å². The highest BCUT2D eigenvalue weighted by Crippen LogP contribution is 2.31. The summed E-state index contributed by atoms with van der Waals surface area (Å²) in [6.07, 6.45) is 5.12. The van der Waals surface area contributed by atoms with Gasteiger partial charge in [-0.25, -0.2) is 4.98 Å². The molecule has 0 unspecified atom stereocenters. The molecule has 5 rings (SSSR count). The van der Waals surface area contributed by atoms with Crippen molar-refractivity contribution in [2.45, 2.75) is 18.9 Å². The standard InChI is InChI=1S/C24H25N5O3/c1-28-22(30)14-20(16-7-9-25-10-8-16)27-24(28)29-11-12-32-21(15-29)18-3-2-4-19(13-18)26-23(31)17-5-6-17/h2-4,7-10,13-14,17,21H,5-6,11-12,15H2,1H3,(H,26,31)/t21-/m1/s1. The Morgan fingerprint density at radius 3 is 2.75 bits per heavy atom. The van der Waals surface area contributed by atoms with E-state index in [1.165, 1.54) is 0 Å². The molecule has 8 heteroatoms. The Morgan fingerprint density at radius 2 is 1.97 bits per heavy atom. The molecule has 0 spiro atoms. The second kappa shape index (κ2) is 8.55. The number of amides is 1. The van der Waals surface area contributed by atoms with Crippen molar-refractivity contribution in [3.8, 4) is 11.3 Å². The summed E-state index contributed by atoms with van der Waals surface area (Å²) < 4.78 is 7.61. The van der Waals surface area contributed by atoms with E-state index in [0.29, 0.717) is 31.3 Å². The molecular weight excluding hydrogens is 406 g/mol. The van der Waals surface area contributed by atoms with E-state index in [2.05, 4.69) is 15.2 Å². The minimum Gasteiger partial charge on any atom is -0.370 e. The summed E-state index contributed by atoms with van der Waals surface area (Å²) in [4.78, 5) is 35.7. The highest BCUT2D eigenvalue weighted by molar-refractivity contribution is 5.94. The maximum absolute atomic E-state index is 12.6. The first-order valence-corrected chi connectivity index (χ1v) is 10.8. The van der Waals surface area contributed by atoms with Crippen molar-refractivity contribution in [1.29, 1.82) is 0 Å². The number of ether oxygens (including phenoxy) is 1. The molecule has 1 atom stereocenters. The number of benzene rings is 1. The molecule has 2 aliphatic rings. The Morgan fingerprint density at radius 1 is 1.16 bits per heavy atom. The minimum absolute atomic E-state index is 0.0838. The molecule has 1 saturated heterocycles. The van der Waals surface area contributed by atoms with Crippen LogP contribution >= 0.6 is 0 Å². The van der Waals surface area contributed by atoms with Crippen LogP contribution in [0.25, 0.3) is 11.3 Å². The van der Waals surface area contributed by atoms with Gasteiger partial charge in [-0.05, 0) is 42.7 Å². The monoisotopic (exact) mass is 431 g/mol. The molecule has 1 aromatic carbocycles. The Kier molecular flexibility index (Phi) is 5.45. The maximum atomic E-state index is 12.6. The van der Waals surface area contributed by atoms with Crippen molar-refractivity contribution >= 4 is 17.5 Å². The number of rotatable bonds is 5. The molecule has 32 heavy (non-hydrogen) atoms. The second-order valence-corrected chi connectivity index (χ2v) is 8.27. The van der Waals surface area contributed by atoms with Crippen LogP contribution in [0.4, 0.5) is 11.6 Å². The van der Waals surface area contributed by atoms with Gasteiger partial charge in [0.25, 0.3) is 5.56 Å². The quantitative estimate of drug-likeness (QED) is 0.668. The first kappa shape index (κ1) is 20.4. The van der Waals surface area contributed by atoms with Gasteiger partial charge >= 0.3 is 0 Å². The fourth-order valence-corrected chi connectivity index (χ4v) is 3.92. The van der Waals surface area contributed by atoms with E-state index in [0.717, 1.165) is 29.7 Å². The third kappa shape index (κ3) is 4.27. The van der Waals surface area contributed by atoms with Crippen LogP contribution in [0.15, 0.2) is 59.7 Å². The Balaban J connectivity index is 1.39. The van der Waals surface area contributed by atoms with Gasteiger partial charge in [0.2, 0.25) is 11.9 Å². The van der Waals surface area contributed by atoms with Crippen molar-refractivity contribution in [1.82, 2.24) is 14.5 Å². The number of carbonyl (C=O) groups is 1. The van der Waals surface area contributed by atoms with Gasteiger partial charge in [-0.15, -0.1) is 0 Å². The zero-order chi connectivity index (χ0) is 22.1. The molecule has 0 radical (unpaired) electrons. The van der Waals surface area contributed by atoms with Crippen molar-refractivity contribution < 1.29 is 9.53 Å². The Bertz CT molecular complexity index is 1190. The van der Waals surface area contributed by atoms with Crippen molar-refractivity contribution in [3.63, 3.8) is 0 Å². The van der Waals surface area contributed by atoms with Gasteiger partial charge in [0.05, 0.1) is 18.8 Å². The molecule has 3 aromatic rings. The fourth-order valence-electron chi connectivity index (χ4n) is 3.92. The average molecular weight is 431 g/mol. The molecule has 1 N–H and O–H groups in total. The van der Waals surface area contributed by atoms with E-state index in [-0.39, 0.29) is 23.5 Å². The minimum atomic E-state index is -0.192. The number of hydrogen-bond donors (Lipinski definition) is 1. The number of nitrogens with zero attached hydrogens (tertiary/aromatic N) is 4. The van der Waals surface area contributed by atoms with Gasteiger partial charge in [-0.3, -0.25) is 19.1 Å². The SMILES string of the molecule is Cn1c(N2CCO[C@@H](c3cccc(NC(=O)C4CC4)c3)C2)nc(-c2ccncc2)cc1=O. The van der Waals surface area contributed by atoms with Gasteiger partial charge in [0, 0.05) is 49.2 Å². The first-order chi connectivity index (χ1) is 15.6. The smallest absolute Gasteiger partial charge is 0.255 e. The third-order valence-electron chi connectivity index (χ3n) is 5.91. The summed E-state index contributed by atoms with van der Waals surface area (Å²) in [5, 5.41) is 3.00. The molecule has 1 saturated carbocycles. The highest BCUT2D eigenvalue weighted by atomic mass is 16.5. The largest absolute Gasteiger partial charge is 0.370 e. The number of hydrogen-bond acceptors (Lipinski definition) is 6. The number of carbonyl (C=O) groups excluding carboxylic acids is 1. The molecule has 164 valence electrons. The number of aromatic nitrogens is 3. The predicted octanol–water partition coefficient (Wildman–Crippen LogP) is 2.77. The van der Waals surface area contributed by atoms with Gasteiger partial charge in [0.1, 0.15) is 6.10 Å². The number of pyridine rings is 1. The average Bonchev–Trinajstić information content (AvgIpc) is 3.67. The van der Waals surface area contributed by atoms with E-state index >= 15 is 0 Å². The van der Waals surface area contributed by atoms with E-state index in [1.54, 1.807) is 30.1 Å². The first-order valence-electron chi connectivity index (χ1n) is 10.8. The van der Waals surface area contributed by atoms with Crippen LogP contribution in [-0.4, -0.2) is 40.1 Å². The van der Waals surface area contributed by atoms with Crippen LogP contribution in [0, 0.1) is 5.92 Å². The summed E-state index contributed by atoms with van der Waals surface area (Å²) in [5.41, 5.74) is 3.12. The fraction of sp³-hybridized carbons (Fsp3) is 0.333. The highest BCUT2D eigenvalue weighted by Gasteiger charge is 2.30. The van der Waals surface area contributed by atoms with Crippen LogP contribution in [0.2, 0.25) is 0 Å². The Labute approximate surface area is 185 Å². The van der Waals surface area contributed by atoms with Crippen molar-refractivity contribution in [2.24, 2.45) is 13.0 Å². The number of nitrogens with one attached hydrogen (secondary N) is 1. The maximum Gasteiger partial charge on any atom is 0.255 e. The van der Waals surface area contributed by atoms with E-state index in [9.17, 15) is 9.59 Å². The lowest BCUT2D eigenvalue weighted by molar-refractivity contribution is -0.117. The molecule has 0 bridgehead atoms. The normalized spacial score (nSPS) is 18.4. The number of anilines is 2. The third-order valence-corrected chi connectivity index (χ3v) is 5.91. The van der Waals surface area contributed by atoms with Crippen molar-refractivity contribution in [2.75, 3.05) is 29.9 Å². The van der Waals surface area contributed by atoms with Gasteiger partial charge < -0.3 is 15.0 Å². The van der Waals surface area contributed by atoms with Gasteiger partial charge in [-0.1, -0.05) is 12.1 Å². The van der Waals surface area contributed by atoms with Crippen LogP contribution in [0.5, 0.6) is 0 Å². The lowest BCUT2D eigenvalue weighted by Gasteiger charge is -2.34. The molecular formula is C24H25N5O3. The summed E-state index contributed by atoms with van der Waals surface area (Å²) in [6.45, 7) is 1.70. The van der Waals surface area contributed by atoms with Crippen LogP contribution in [-0.2, 0) is 16.6 Å². The van der Waals surface area contributed by atoms with E-state index < -0.39 is 0 Å². The predicted molar refractivity (Wildman–Crippen MR) is 121 cm³/mol. The lowest BCUT2D eigenvalue weighted by atomic mass is 10.1. The van der Waals surface area contributed by atoms with Crippen LogP contribution in [0.1, 0.15) is 24.5 Å². The molecule has 1 aliphatic carbocycles. The molecule has 3 heterocycles.